The maximum Gasteiger partial charge on any atom is 0.251 e. The first-order valence-electron chi connectivity index (χ1n) is 6.04. The summed E-state index contributed by atoms with van der Waals surface area (Å²) in [6.07, 6.45) is 2.15. The summed E-state index contributed by atoms with van der Waals surface area (Å²) in [5.41, 5.74) is 8.24. The fourth-order valence-corrected chi connectivity index (χ4v) is 2.39. The first-order valence-corrected chi connectivity index (χ1v) is 6.04. The summed E-state index contributed by atoms with van der Waals surface area (Å²) in [4.78, 5) is 11.8. The lowest BCUT2D eigenvalue weighted by Gasteiger charge is -2.24. The summed E-state index contributed by atoms with van der Waals surface area (Å²) in [7, 11) is 1.65. The monoisotopic (exact) mass is 233 g/mol. The van der Waals surface area contributed by atoms with Crippen LogP contribution in [0.4, 0.5) is 5.69 Å². The van der Waals surface area contributed by atoms with E-state index in [4.69, 9.17) is 5.73 Å². The van der Waals surface area contributed by atoms with E-state index in [9.17, 15) is 4.79 Å². The number of nitrogen functional groups attached to an aromatic ring is 1. The number of nitrogens with two attached hydrogens (primary N) is 1. The van der Waals surface area contributed by atoms with Gasteiger partial charge in [-0.05, 0) is 49.5 Å². The van der Waals surface area contributed by atoms with Crippen molar-refractivity contribution in [3.63, 3.8) is 0 Å². The van der Waals surface area contributed by atoms with Crippen LogP contribution in [0.5, 0.6) is 0 Å². The number of rotatable bonds is 2. The molecular weight excluding hydrogens is 214 g/mol. The highest BCUT2D eigenvalue weighted by Gasteiger charge is 2.20. The molecule has 4 N–H and O–H groups in total. The van der Waals surface area contributed by atoms with Crippen molar-refractivity contribution in [2.75, 3.05) is 25.9 Å². The van der Waals surface area contributed by atoms with Gasteiger partial charge in [0.15, 0.2) is 0 Å². The molecule has 1 saturated heterocycles. The molecule has 4 heteroatoms. The van der Waals surface area contributed by atoms with E-state index in [0.717, 1.165) is 37.1 Å². The van der Waals surface area contributed by atoms with Gasteiger partial charge >= 0.3 is 0 Å². The van der Waals surface area contributed by atoms with Crippen LogP contribution in [-0.2, 0) is 0 Å². The third-order valence-corrected chi connectivity index (χ3v) is 3.33. The summed E-state index contributed by atoms with van der Waals surface area (Å²) in [5.74, 6) is 0.412. The third kappa shape index (κ3) is 2.58. The van der Waals surface area contributed by atoms with Crippen molar-refractivity contribution in [1.82, 2.24) is 10.6 Å². The number of hydrogen-bond acceptors (Lipinski definition) is 3. The van der Waals surface area contributed by atoms with Crippen molar-refractivity contribution in [3.05, 3.63) is 29.3 Å². The zero-order valence-electron chi connectivity index (χ0n) is 10.1. The van der Waals surface area contributed by atoms with Crippen LogP contribution in [0, 0.1) is 0 Å². The molecule has 0 unspecified atom stereocenters. The van der Waals surface area contributed by atoms with Gasteiger partial charge in [-0.15, -0.1) is 0 Å². The Labute approximate surface area is 102 Å². The average molecular weight is 233 g/mol. The normalized spacial score (nSPS) is 16.8. The second kappa shape index (κ2) is 5.19. The molecule has 92 valence electrons. The van der Waals surface area contributed by atoms with Crippen LogP contribution in [0.2, 0.25) is 0 Å². The zero-order chi connectivity index (χ0) is 12.3. The number of anilines is 1. The minimum atomic E-state index is -0.0502. The Kier molecular flexibility index (Phi) is 3.64. The Balaban J connectivity index is 2.34. The Morgan fingerprint density at radius 3 is 2.76 bits per heavy atom. The molecule has 1 aliphatic heterocycles. The van der Waals surface area contributed by atoms with Crippen LogP contribution in [-0.4, -0.2) is 26.0 Å². The molecule has 1 aromatic carbocycles. The molecule has 1 aliphatic rings. The Morgan fingerprint density at radius 2 is 2.12 bits per heavy atom. The maximum atomic E-state index is 11.8. The SMILES string of the molecule is CNC(=O)c1cc(N)ccc1C1CCNCC1. The van der Waals surface area contributed by atoms with Crippen molar-refractivity contribution < 1.29 is 4.79 Å². The standard InChI is InChI=1S/C13H19N3O/c1-15-13(17)12-8-10(14)2-3-11(12)9-4-6-16-7-5-9/h2-3,8-9,16H,4-7,14H2,1H3,(H,15,17). The van der Waals surface area contributed by atoms with E-state index in [2.05, 4.69) is 10.6 Å². The lowest BCUT2D eigenvalue weighted by Crippen LogP contribution is -2.28. The molecule has 0 aliphatic carbocycles. The topological polar surface area (TPSA) is 67.2 Å². The molecule has 1 amide bonds. The minimum Gasteiger partial charge on any atom is -0.399 e. The van der Waals surface area contributed by atoms with E-state index < -0.39 is 0 Å². The van der Waals surface area contributed by atoms with Crippen molar-refractivity contribution >= 4 is 11.6 Å². The number of amides is 1. The van der Waals surface area contributed by atoms with E-state index in [0.29, 0.717) is 11.6 Å². The molecule has 1 aromatic rings. The average Bonchev–Trinajstić information content (AvgIpc) is 2.38. The minimum absolute atomic E-state index is 0.0502. The van der Waals surface area contributed by atoms with E-state index in [-0.39, 0.29) is 5.91 Å². The molecule has 2 rings (SSSR count). The summed E-state index contributed by atoms with van der Waals surface area (Å²) >= 11 is 0. The molecule has 0 atom stereocenters. The van der Waals surface area contributed by atoms with Crippen LogP contribution in [0.15, 0.2) is 18.2 Å². The molecular formula is C13H19N3O. The Bertz CT molecular complexity index is 411. The van der Waals surface area contributed by atoms with Gasteiger partial charge in [0.2, 0.25) is 0 Å². The first-order chi connectivity index (χ1) is 8.22. The van der Waals surface area contributed by atoms with Crippen molar-refractivity contribution in [2.45, 2.75) is 18.8 Å². The Morgan fingerprint density at radius 1 is 1.41 bits per heavy atom. The van der Waals surface area contributed by atoms with Crippen molar-refractivity contribution in [3.8, 4) is 0 Å². The van der Waals surface area contributed by atoms with Crippen LogP contribution >= 0.6 is 0 Å². The number of benzene rings is 1. The quantitative estimate of drug-likeness (QED) is 0.670. The fourth-order valence-electron chi connectivity index (χ4n) is 2.39. The smallest absolute Gasteiger partial charge is 0.251 e. The summed E-state index contributed by atoms with van der Waals surface area (Å²) in [6, 6.07) is 5.65. The predicted octanol–water partition coefficient (Wildman–Crippen LogP) is 1.10. The largest absolute Gasteiger partial charge is 0.399 e. The van der Waals surface area contributed by atoms with E-state index in [1.807, 2.05) is 12.1 Å². The van der Waals surface area contributed by atoms with Gasteiger partial charge in [-0.1, -0.05) is 6.07 Å². The molecule has 1 heterocycles. The first kappa shape index (κ1) is 11.9. The molecule has 0 spiro atoms. The van der Waals surface area contributed by atoms with E-state index >= 15 is 0 Å². The maximum absolute atomic E-state index is 11.8. The van der Waals surface area contributed by atoms with Gasteiger partial charge in [0, 0.05) is 18.3 Å². The van der Waals surface area contributed by atoms with E-state index in [1.54, 1.807) is 13.1 Å². The van der Waals surface area contributed by atoms with Crippen LogP contribution in [0.1, 0.15) is 34.7 Å². The second-order valence-corrected chi connectivity index (χ2v) is 4.45. The molecule has 0 bridgehead atoms. The van der Waals surface area contributed by atoms with Gasteiger partial charge < -0.3 is 16.4 Å². The number of nitrogens with one attached hydrogen (secondary N) is 2. The highest BCUT2D eigenvalue weighted by molar-refractivity contribution is 5.96. The highest BCUT2D eigenvalue weighted by Crippen LogP contribution is 2.29. The number of hydrogen-bond donors (Lipinski definition) is 3. The van der Waals surface area contributed by atoms with Crippen LogP contribution in [0.3, 0.4) is 0 Å². The predicted molar refractivity (Wildman–Crippen MR) is 69.1 cm³/mol. The zero-order valence-corrected chi connectivity index (χ0v) is 10.1. The van der Waals surface area contributed by atoms with Crippen LogP contribution < -0.4 is 16.4 Å². The molecule has 4 nitrogen and oxygen atoms in total. The van der Waals surface area contributed by atoms with Crippen LogP contribution in [0.25, 0.3) is 0 Å². The fraction of sp³-hybridized carbons (Fsp3) is 0.462. The van der Waals surface area contributed by atoms with E-state index in [1.165, 1.54) is 0 Å². The van der Waals surface area contributed by atoms with Gasteiger partial charge in [0.25, 0.3) is 5.91 Å². The van der Waals surface area contributed by atoms with Gasteiger partial charge in [-0.3, -0.25) is 4.79 Å². The third-order valence-electron chi connectivity index (χ3n) is 3.33. The lowest BCUT2D eigenvalue weighted by atomic mass is 9.86. The number of piperidine rings is 1. The molecule has 0 radical (unpaired) electrons. The molecule has 17 heavy (non-hydrogen) atoms. The molecule has 0 saturated carbocycles. The summed E-state index contributed by atoms with van der Waals surface area (Å²) in [5, 5.41) is 6.01. The van der Waals surface area contributed by atoms with Gasteiger partial charge in [-0.25, -0.2) is 0 Å². The molecule has 0 aromatic heterocycles. The van der Waals surface area contributed by atoms with Gasteiger partial charge in [-0.2, -0.15) is 0 Å². The van der Waals surface area contributed by atoms with Gasteiger partial charge in [0.05, 0.1) is 0 Å². The Hall–Kier alpha value is -1.55. The molecule has 1 fully saturated rings. The lowest BCUT2D eigenvalue weighted by molar-refractivity contribution is 0.0961. The number of carbonyl (C=O) groups excluding carboxylic acids is 1. The number of carbonyl (C=O) groups is 1. The van der Waals surface area contributed by atoms with Gasteiger partial charge in [0.1, 0.15) is 0 Å². The highest BCUT2D eigenvalue weighted by atomic mass is 16.1. The van der Waals surface area contributed by atoms with Crippen molar-refractivity contribution in [1.29, 1.82) is 0 Å². The summed E-state index contributed by atoms with van der Waals surface area (Å²) in [6.45, 7) is 2.03. The summed E-state index contributed by atoms with van der Waals surface area (Å²) < 4.78 is 0. The second-order valence-electron chi connectivity index (χ2n) is 4.45. The van der Waals surface area contributed by atoms with Crippen molar-refractivity contribution in [2.24, 2.45) is 0 Å².